The van der Waals surface area contributed by atoms with Crippen LogP contribution in [0.2, 0.25) is 0 Å². The van der Waals surface area contributed by atoms with Crippen LogP contribution in [0.4, 0.5) is 5.69 Å². The number of hydrogen-bond acceptors (Lipinski definition) is 7. The average Bonchev–Trinajstić information content (AvgIpc) is 3.18. The highest BCUT2D eigenvalue weighted by Gasteiger charge is 2.07. The third kappa shape index (κ3) is 4.29. The fourth-order valence-electron chi connectivity index (χ4n) is 1.91. The first-order chi connectivity index (χ1) is 12.6. The van der Waals surface area contributed by atoms with Gasteiger partial charge in [-0.15, -0.1) is 0 Å². The van der Waals surface area contributed by atoms with Gasteiger partial charge < -0.3 is 9.15 Å². The number of nitrogens with zero attached hydrogens (tertiary/aromatic N) is 3. The number of ether oxygens (including phenoxy) is 1. The maximum Gasteiger partial charge on any atom is 0.307 e. The molecule has 1 amide bonds. The number of hydrazone groups is 1. The van der Waals surface area contributed by atoms with Crippen molar-refractivity contribution in [3.8, 4) is 11.6 Å². The molecule has 9 nitrogen and oxygen atoms in total. The van der Waals surface area contributed by atoms with Crippen LogP contribution in [0.15, 0.2) is 70.5 Å². The molecule has 2 heterocycles. The first-order valence-electron chi connectivity index (χ1n) is 7.37. The predicted molar refractivity (Wildman–Crippen MR) is 91.2 cm³/mol. The van der Waals surface area contributed by atoms with Gasteiger partial charge >= 0.3 is 5.91 Å². The van der Waals surface area contributed by atoms with Gasteiger partial charge in [-0.2, -0.15) is 5.10 Å². The van der Waals surface area contributed by atoms with E-state index in [1.165, 1.54) is 30.7 Å². The number of nitro groups is 1. The van der Waals surface area contributed by atoms with E-state index in [0.717, 1.165) is 11.8 Å². The minimum absolute atomic E-state index is 0.111. The topological polar surface area (TPSA) is 120 Å². The molecule has 1 aromatic carbocycles. The summed E-state index contributed by atoms with van der Waals surface area (Å²) in [6.45, 7) is 0. The van der Waals surface area contributed by atoms with Crippen molar-refractivity contribution in [2.24, 2.45) is 5.10 Å². The molecule has 3 rings (SSSR count). The molecule has 9 heteroatoms. The Hall–Kier alpha value is -4.01. The number of carbonyl (C=O) groups is 1. The number of benzene rings is 1. The van der Waals surface area contributed by atoms with E-state index in [1.807, 2.05) is 0 Å². The number of rotatable bonds is 6. The van der Waals surface area contributed by atoms with Crippen LogP contribution in [0.3, 0.4) is 0 Å². The standard InChI is InChI=1S/C17H12N4O5/c22-17(15-2-1-9-25-15)20-19-10-12-3-6-14(7-4-12)26-16-8-5-13(11-18-16)21(23)24/h1-11H,(H,20,22)/b19-10-. The summed E-state index contributed by atoms with van der Waals surface area (Å²) >= 11 is 0. The summed E-state index contributed by atoms with van der Waals surface area (Å²) in [7, 11) is 0. The minimum Gasteiger partial charge on any atom is -0.459 e. The van der Waals surface area contributed by atoms with Gasteiger partial charge in [0, 0.05) is 12.1 Å². The molecule has 0 aliphatic rings. The number of pyridine rings is 1. The molecular formula is C17H12N4O5. The van der Waals surface area contributed by atoms with Crippen LogP contribution in [0.25, 0.3) is 0 Å². The highest BCUT2D eigenvalue weighted by Crippen LogP contribution is 2.21. The third-order valence-corrected chi connectivity index (χ3v) is 3.16. The molecule has 2 aromatic heterocycles. The highest BCUT2D eigenvalue weighted by molar-refractivity contribution is 5.92. The van der Waals surface area contributed by atoms with Crippen molar-refractivity contribution >= 4 is 17.8 Å². The number of aromatic nitrogens is 1. The van der Waals surface area contributed by atoms with Crippen LogP contribution < -0.4 is 10.2 Å². The van der Waals surface area contributed by atoms with E-state index in [0.29, 0.717) is 5.75 Å². The molecular weight excluding hydrogens is 340 g/mol. The Morgan fingerprint density at radius 1 is 1.23 bits per heavy atom. The molecule has 0 spiro atoms. The molecule has 26 heavy (non-hydrogen) atoms. The largest absolute Gasteiger partial charge is 0.459 e. The first kappa shape index (κ1) is 16.8. The summed E-state index contributed by atoms with van der Waals surface area (Å²) in [5, 5.41) is 14.4. The van der Waals surface area contributed by atoms with Gasteiger partial charge in [0.25, 0.3) is 5.69 Å². The van der Waals surface area contributed by atoms with Gasteiger partial charge in [-0.25, -0.2) is 10.4 Å². The zero-order valence-corrected chi connectivity index (χ0v) is 13.2. The van der Waals surface area contributed by atoms with Crippen LogP contribution in [0, 0.1) is 10.1 Å². The number of nitrogens with one attached hydrogen (secondary N) is 1. The summed E-state index contributed by atoms with van der Waals surface area (Å²) in [6, 6.07) is 12.7. The zero-order chi connectivity index (χ0) is 18.4. The maximum absolute atomic E-state index is 11.6. The van der Waals surface area contributed by atoms with Crippen LogP contribution in [-0.4, -0.2) is 22.0 Å². The smallest absolute Gasteiger partial charge is 0.307 e. The van der Waals surface area contributed by atoms with Crippen molar-refractivity contribution in [2.75, 3.05) is 0 Å². The Morgan fingerprint density at radius 2 is 2.04 bits per heavy atom. The lowest BCUT2D eigenvalue weighted by atomic mass is 10.2. The molecule has 1 N–H and O–H groups in total. The SMILES string of the molecule is O=C(N/N=C\c1ccc(Oc2ccc([N+](=O)[O-])cn2)cc1)c1ccco1. The van der Waals surface area contributed by atoms with Crippen LogP contribution in [-0.2, 0) is 0 Å². The van der Waals surface area contributed by atoms with E-state index in [-0.39, 0.29) is 17.3 Å². The molecule has 0 saturated carbocycles. The van der Waals surface area contributed by atoms with Gasteiger partial charge in [0.15, 0.2) is 5.76 Å². The Balaban J connectivity index is 1.57. The Bertz CT molecular complexity index is 919. The van der Waals surface area contributed by atoms with E-state index in [9.17, 15) is 14.9 Å². The van der Waals surface area contributed by atoms with Gasteiger partial charge in [-0.05, 0) is 42.0 Å². The van der Waals surface area contributed by atoms with Gasteiger partial charge in [-0.3, -0.25) is 14.9 Å². The first-order valence-corrected chi connectivity index (χ1v) is 7.37. The summed E-state index contributed by atoms with van der Waals surface area (Å²) in [6.07, 6.45) is 3.99. The summed E-state index contributed by atoms with van der Waals surface area (Å²) in [5.74, 6) is 0.461. The fraction of sp³-hybridized carbons (Fsp3) is 0. The lowest BCUT2D eigenvalue weighted by Crippen LogP contribution is -2.16. The third-order valence-electron chi connectivity index (χ3n) is 3.16. The second-order valence-electron chi connectivity index (χ2n) is 4.96. The molecule has 130 valence electrons. The lowest BCUT2D eigenvalue weighted by Gasteiger charge is -2.04. The summed E-state index contributed by atoms with van der Waals surface area (Å²) in [4.78, 5) is 25.5. The van der Waals surface area contributed by atoms with Crippen molar-refractivity contribution in [2.45, 2.75) is 0 Å². The Morgan fingerprint density at radius 3 is 2.65 bits per heavy atom. The Labute approximate surface area is 147 Å². The normalized spacial score (nSPS) is 10.6. The second kappa shape index (κ2) is 7.71. The maximum atomic E-state index is 11.6. The molecule has 0 saturated heterocycles. The van der Waals surface area contributed by atoms with Gasteiger partial charge in [0.2, 0.25) is 5.88 Å². The van der Waals surface area contributed by atoms with Crippen LogP contribution >= 0.6 is 0 Å². The fourth-order valence-corrected chi connectivity index (χ4v) is 1.91. The highest BCUT2D eigenvalue weighted by atomic mass is 16.6. The van der Waals surface area contributed by atoms with Gasteiger partial charge in [-0.1, -0.05) is 0 Å². The molecule has 3 aromatic rings. The van der Waals surface area contributed by atoms with Crippen molar-refractivity contribution in [3.05, 3.63) is 82.4 Å². The average molecular weight is 352 g/mol. The molecule has 0 unspecified atom stereocenters. The van der Waals surface area contributed by atoms with Gasteiger partial charge in [0.05, 0.1) is 17.4 Å². The Kier molecular flexibility index (Phi) is 4.99. The number of carbonyl (C=O) groups excluding carboxylic acids is 1. The minimum atomic E-state index is -0.532. The van der Waals surface area contributed by atoms with Crippen LogP contribution in [0.1, 0.15) is 16.1 Å². The lowest BCUT2D eigenvalue weighted by molar-refractivity contribution is -0.385. The molecule has 0 radical (unpaired) electrons. The van der Waals surface area contributed by atoms with Crippen molar-refractivity contribution in [3.63, 3.8) is 0 Å². The summed E-state index contributed by atoms with van der Waals surface area (Å²) in [5.41, 5.74) is 2.96. The molecule has 0 aliphatic carbocycles. The van der Waals surface area contributed by atoms with Gasteiger partial charge in [0.1, 0.15) is 11.9 Å². The zero-order valence-electron chi connectivity index (χ0n) is 13.2. The number of furan rings is 1. The van der Waals surface area contributed by atoms with Crippen molar-refractivity contribution < 1.29 is 18.9 Å². The molecule has 0 atom stereocenters. The van der Waals surface area contributed by atoms with E-state index in [2.05, 4.69) is 15.5 Å². The van der Waals surface area contributed by atoms with Crippen LogP contribution in [0.5, 0.6) is 11.6 Å². The summed E-state index contributed by atoms with van der Waals surface area (Å²) < 4.78 is 10.4. The van der Waals surface area contributed by atoms with Crippen molar-refractivity contribution in [1.82, 2.24) is 10.4 Å². The van der Waals surface area contributed by atoms with E-state index in [4.69, 9.17) is 9.15 Å². The monoisotopic (exact) mass is 352 g/mol. The van der Waals surface area contributed by atoms with Crippen molar-refractivity contribution in [1.29, 1.82) is 0 Å². The number of hydrogen-bond donors (Lipinski definition) is 1. The van der Waals surface area contributed by atoms with E-state index in [1.54, 1.807) is 30.3 Å². The molecule has 0 aliphatic heterocycles. The predicted octanol–water partition coefficient (Wildman–Crippen LogP) is 3.14. The molecule has 0 bridgehead atoms. The van der Waals surface area contributed by atoms with E-state index >= 15 is 0 Å². The van der Waals surface area contributed by atoms with E-state index < -0.39 is 10.8 Å². The quantitative estimate of drug-likeness (QED) is 0.413. The molecule has 0 fully saturated rings. The second-order valence-corrected chi connectivity index (χ2v) is 4.96. The number of amides is 1.